The van der Waals surface area contributed by atoms with Gasteiger partial charge in [-0.25, -0.2) is 15.8 Å². The number of nitrogens with zero attached hydrogens (tertiary/aromatic N) is 2. The molecule has 78 valence electrons. The molecule has 1 aromatic rings. The first kappa shape index (κ1) is 11.2. The summed E-state index contributed by atoms with van der Waals surface area (Å²) in [5.41, 5.74) is 3.45. The van der Waals surface area contributed by atoms with Crippen LogP contribution >= 0.6 is 11.8 Å². The lowest BCUT2D eigenvalue weighted by Crippen LogP contribution is -2.11. The van der Waals surface area contributed by atoms with E-state index in [4.69, 9.17) is 10.9 Å². The number of nitrogens with one attached hydrogen (secondary N) is 1. The molecule has 0 radical (unpaired) electrons. The van der Waals surface area contributed by atoms with E-state index >= 15 is 0 Å². The minimum Gasteiger partial charge on any atom is -0.396 e. The zero-order chi connectivity index (χ0) is 10.4. The maximum atomic E-state index is 8.64. The highest BCUT2D eigenvalue weighted by molar-refractivity contribution is 7.99. The van der Waals surface area contributed by atoms with Gasteiger partial charge in [0.2, 0.25) is 0 Å². The quantitative estimate of drug-likeness (QED) is 0.218. The van der Waals surface area contributed by atoms with Crippen molar-refractivity contribution < 1.29 is 5.11 Å². The van der Waals surface area contributed by atoms with Crippen LogP contribution in [0, 0.1) is 6.92 Å². The van der Waals surface area contributed by atoms with Crippen molar-refractivity contribution in [3.63, 3.8) is 0 Å². The van der Waals surface area contributed by atoms with Gasteiger partial charge in [-0.2, -0.15) is 0 Å². The molecule has 0 aliphatic rings. The van der Waals surface area contributed by atoms with E-state index in [1.807, 2.05) is 6.92 Å². The Hall–Kier alpha value is -0.850. The molecule has 0 spiro atoms. The molecule has 0 fully saturated rings. The molecule has 0 aliphatic heterocycles. The topological polar surface area (TPSA) is 84.1 Å². The number of aliphatic hydroxyl groups is 1. The molecule has 0 aliphatic carbocycles. The second-order valence-electron chi connectivity index (χ2n) is 2.72. The van der Waals surface area contributed by atoms with Crippen molar-refractivity contribution >= 4 is 17.6 Å². The molecule has 1 rings (SSSR count). The molecule has 1 heterocycles. The number of rotatable bonds is 5. The Balaban J connectivity index is 2.66. The Bertz CT molecular complexity index is 295. The average molecular weight is 214 g/mol. The lowest BCUT2D eigenvalue weighted by Gasteiger charge is -2.07. The van der Waals surface area contributed by atoms with E-state index in [1.54, 1.807) is 11.8 Å². The van der Waals surface area contributed by atoms with Crippen molar-refractivity contribution in [3.05, 3.63) is 11.9 Å². The summed E-state index contributed by atoms with van der Waals surface area (Å²) in [4.78, 5) is 8.11. The monoisotopic (exact) mass is 214 g/mol. The molecule has 14 heavy (non-hydrogen) atoms. The van der Waals surface area contributed by atoms with E-state index in [9.17, 15) is 0 Å². The molecule has 1 aromatic heterocycles. The van der Waals surface area contributed by atoms with Gasteiger partial charge in [0, 0.05) is 17.9 Å². The maximum Gasteiger partial charge on any atom is 0.147 e. The fourth-order valence-electron chi connectivity index (χ4n) is 0.958. The number of aliphatic hydroxyl groups excluding tert-OH is 1. The molecule has 4 N–H and O–H groups in total. The fourth-order valence-corrected chi connectivity index (χ4v) is 1.86. The zero-order valence-electron chi connectivity index (χ0n) is 8.03. The van der Waals surface area contributed by atoms with Gasteiger partial charge in [-0.15, -0.1) is 11.8 Å². The van der Waals surface area contributed by atoms with Crippen LogP contribution in [-0.4, -0.2) is 27.4 Å². The summed E-state index contributed by atoms with van der Waals surface area (Å²) in [6.45, 7) is 2.12. The van der Waals surface area contributed by atoms with Crippen molar-refractivity contribution in [2.24, 2.45) is 5.84 Å². The number of thioether (sulfide) groups is 1. The van der Waals surface area contributed by atoms with Crippen LogP contribution in [0.15, 0.2) is 11.4 Å². The van der Waals surface area contributed by atoms with Crippen LogP contribution in [0.3, 0.4) is 0 Å². The van der Waals surface area contributed by atoms with Crippen LogP contribution < -0.4 is 11.3 Å². The summed E-state index contributed by atoms with van der Waals surface area (Å²) in [5, 5.41) is 9.54. The fraction of sp³-hybridized carbons (Fsp3) is 0.500. The molecule has 0 saturated carbocycles. The van der Waals surface area contributed by atoms with Gasteiger partial charge in [-0.1, -0.05) is 0 Å². The molecular formula is C8H14N4OS. The Kier molecular flexibility index (Phi) is 4.64. The Morgan fingerprint density at radius 2 is 2.36 bits per heavy atom. The largest absolute Gasteiger partial charge is 0.396 e. The standard InChI is InChI=1S/C8H14N4OS/c1-6-7(12-9)10-5-11-8(6)14-4-2-3-13/h5,13H,2-4,9H2,1H3,(H,10,11,12). The Labute approximate surface area is 87.1 Å². The summed E-state index contributed by atoms with van der Waals surface area (Å²) in [7, 11) is 0. The third kappa shape index (κ3) is 2.83. The van der Waals surface area contributed by atoms with Crippen LogP contribution in [0.1, 0.15) is 12.0 Å². The van der Waals surface area contributed by atoms with Gasteiger partial charge >= 0.3 is 0 Å². The minimum atomic E-state index is 0.207. The highest BCUT2D eigenvalue weighted by Crippen LogP contribution is 2.23. The zero-order valence-corrected chi connectivity index (χ0v) is 8.84. The molecule has 0 atom stereocenters. The highest BCUT2D eigenvalue weighted by atomic mass is 32.2. The maximum absolute atomic E-state index is 8.64. The van der Waals surface area contributed by atoms with E-state index in [2.05, 4.69) is 15.4 Å². The Morgan fingerprint density at radius 3 is 3.00 bits per heavy atom. The number of hydrazine groups is 1. The third-order valence-electron chi connectivity index (χ3n) is 1.72. The predicted molar refractivity (Wildman–Crippen MR) is 57.0 cm³/mol. The van der Waals surface area contributed by atoms with Crippen molar-refractivity contribution in [3.8, 4) is 0 Å². The summed E-state index contributed by atoms with van der Waals surface area (Å²) in [6.07, 6.45) is 2.24. The SMILES string of the molecule is Cc1c(NN)ncnc1SCCCO. The van der Waals surface area contributed by atoms with Crippen LogP contribution in [0.25, 0.3) is 0 Å². The predicted octanol–water partition coefficient (Wildman–Crippen LogP) is 0.545. The van der Waals surface area contributed by atoms with Crippen molar-refractivity contribution in [1.29, 1.82) is 0 Å². The number of anilines is 1. The van der Waals surface area contributed by atoms with Crippen molar-refractivity contribution in [2.75, 3.05) is 17.8 Å². The molecule has 5 nitrogen and oxygen atoms in total. The molecule has 0 unspecified atom stereocenters. The van der Waals surface area contributed by atoms with Gasteiger partial charge in [0.1, 0.15) is 17.2 Å². The molecule has 0 amide bonds. The van der Waals surface area contributed by atoms with E-state index < -0.39 is 0 Å². The Morgan fingerprint density at radius 1 is 1.57 bits per heavy atom. The van der Waals surface area contributed by atoms with Crippen molar-refractivity contribution in [1.82, 2.24) is 9.97 Å². The van der Waals surface area contributed by atoms with E-state index in [0.29, 0.717) is 5.82 Å². The van der Waals surface area contributed by atoms with Gasteiger partial charge in [0.05, 0.1) is 0 Å². The van der Waals surface area contributed by atoms with Gasteiger partial charge in [-0.3, -0.25) is 0 Å². The minimum absolute atomic E-state index is 0.207. The van der Waals surface area contributed by atoms with Crippen LogP contribution in [0.4, 0.5) is 5.82 Å². The molecular weight excluding hydrogens is 200 g/mol. The van der Waals surface area contributed by atoms with Gasteiger partial charge in [0.25, 0.3) is 0 Å². The first-order chi connectivity index (χ1) is 6.79. The first-order valence-corrected chi connectivity index (χ1v) is 5.30. The number of nitrogen functional groups attached to an aromatic ring is 1. The molecule has 6 heteroatoms. The van der Waals surface area contributed by atoms with E-state index in [-0.39, 0.29) is 6.61 Å². The summed E-state index contributed by atoms with van der Waals surface area (Å²) in [5.74, 6) is 6.78. The van der Waals surface area contributed by atoms with Gasteiger partial charge < -0.3 is 10.5 Å². The molecule has 0 aromatic carbocycles. The smallest absolute Gasteiger partial charge is 0.147 e. The number of aromatic nitrogens is 2. The number of hydrogen-bond donors (Lipinski definition) is 3. The lowest BCUT2D eigenvalue weighted by molar-refractivity contribution is 0.296. The molecule has 0 bridgehead atoms. The summed E-state index contributed by atoms with van der Waals surface area (Å²) >= 11 is 1.59. The van der Waals surface area contributed by atoms with E-state index in [0.717, 1.165) is 22.8 Å². The third-order valence-corrected chi connectivity index (χ3v) is 2.89. The highest BCUT2D eigenvalue weighted by Gasteiger charge is 2.05. The summed E-state index contributed by atoms with van der Waals surface area (Å²) < 4.78 is 0. The van der Waals surface area contributed by atoms with Crippen molar-refractivity contribution in [2.45, 2.75) is 18.4 Å². The normalized spacial score (nSPS) is 10.2. The second-order valence-corrected chi connectivity index (χ2v) is 3.81. The van der Waals surface area contributed by atoms with E-state index in [1.165, 1.54) is 6.33 Å². The van der Waals surface area contributed by atoms with Gasteiger partial charge in [-0.05, 0) is 13.3 Å². The number of hydrogen-bond acceptors (Lipinski definition) is 6. The van der Waals surface area contributed by atoms with Crippen LogP contribution in [0.2, 0.25) is 0 Å². The number of nitrogens with two attached hydrogens (primary N) is 1. The summed E-state index contributed by atoms with van der Waals surface area (Å²) in [6, 6.07) is 0. The first-order valence-electron chi connectivity index (χ1n) is 4.31. The molecule has 0 saturated heterocycles. The van der Waals surface area contributed by atoms with Gasteiger partial charge in [0.15, 0.2) is 0 Å². The van der Waals surface area contributed by atoms with Crippen LogP contribution in [-0.2, 0) is 0 Å². The van der Waals surface area contributed by atoms with Crippen LogP contribution in [0.5, 0.6) is 0 Å². The second kappa shape index (κ2) is 5.79. The average Bonchev–Trinajstić information content (AvgIpc) is 2.21. The lowest BCUT2D eigenvalue weighted by atomic mass is 10.3.